The van der Waals surface area contributed by atoms with E-state index in [1.54, 1.807) is 7.11 Å². The van der Waals surface area contributed by atoms with Crippen molar-refractivity contribution in [1.29, 1.82) is 0 Å². The van der Waals surface area contributed by atoms with Gasteiger partial charge in [-0.15, -0.1) is 0 Å². The fourth-order valence-electron chi connectivity index (χ4n) is 3.48. The average molecular weight is 357 g/mol. The number of methoxy groups -OCH3 is 1. The number of ether oxygens (including phenoxy) is 2. The Morgan fingerprint density at radius 2 is 1.96 bits per heavy atom. The van der Waals surface area contributed by atoms with Gasteiger partial charge < -0.3 is 9.47 Å². The molecule has 0 fully saturated rings. The predicted molar refractivity (Wildman–Crippen MR) is 99.4 cm³/mol. The zero-order valence-electron chi connectivity index (χ0n) is 14.6. The van der Waals surface area contributed by atoms with E-state index in [0.29, 0.717) is 5.92 Å². The molecular weight excluding hydrogens is 336 g/mol. The van der Waals surface area contributed by atoms with Gasteiger partial charge in [0.15, 0.2) is 6.23 Å². The van der Waals surface area contributed by atoms with Crippen LogP contribution >= 0.6 is 11.6 Å². The maximum absolute atomic E-state index is 6.23. The van der Waals surface area contributed by atoms with Crippen LogP contribution < -0.4 is 9.47 Å². The van der Waals surface area contributed by atoms with Gasteiger partial charge in [-0.3, -0.25) is 0 Å². The van der Waals surface area contributed by atoms with E-state index in [1.807, 2.05) is 30.3 Å². The lowest BCUT2D eigenvalue weighted by atomic mass is 9.95. The molecule has 0 saturated heterocycles. The van der Waals surface area contributed by atoms with E-state index in [-0.39, 0.29) is 12.3 Å². The molecular formula is C20H21ClN2O2. The van der Waals surface area contributed by atoms with Gasteiger partial charge in [-0.2, -0.15) is 5.10 Å². The Hall–Kier alpha value is -2.20. The minimum atomic E-state index is -0.0746. The molecule has 2 atom stereocenters. The molecule has 25 heavy (non-hydrogen) atoms. The van der Waals surface area contributed by atoms with Gasteiger partial charge in [-0.1, -0.05) is 25.4 Å². The third kappa shape index (κ3) is 2.85. The second kappa shape index (κ2) is 6.26. The van der Waals surface area contributed by atoms with Crippen LogP contribution in [0.5, 0.6) is 11.5 Å². The molecule has 0 amide bonds. The lowest BCUT2D eigenvalue weighted by molar-refractivity contribution is -0.0461. The third-order valence-corrected chi connectivity index (χ3v) is 5.01. The van der Waals surface area contributed by atoms with Gasteiger partial charge >= 0.3 is 0 Å². The van der Waals surface area contributed by atoms with E-state index in [0.717, 1.165) is 39.8 Å². The minimum absolute atomic E-state index is 0.0746. The number of rotatable bonds is 3. The summed E-state index contributed by atoms with van der Waals surface area (Å²) in [5.74, 6) is 2.08. The first kappa shape index (κ1) is 16.3. The summed E-state index contributed by atoms with van der Waals surface area (Å²) in [6.07, 6.45) is 0.765. The van der Waals surface area contributed by atoms with E-state index in [9.17, 15) is 0 Å². The average Bonchev–Trinajstić information content (AvgIpc) is 3.06. The first-order valence-electron chi connectivity index (χ1n) is 8.53. The molecule has 0 spiro atoms. The summed E-state index contributed by atoms with van der Waals surface area (Å²) >= 11 is 6.23. The van der Waals surface area contributed by atoms with Gasteiger partial charge in [-0.25, -0.2) is 5.01 Å². The van der Waals surface area contributed by atoms with Gasteiger partial charge in [0.2, 0.25) is 0 Å². The summed E-state index contributed by atoms with van der Waals surface area (Å²) in [6.45, 7) is 4.31. The Morgan fingerprint density at radius 3 is 2.64 bits per heavy atom. The molecule has 0 saturated carbocycles. The van der Waals surface area contributed by atoms with E-state index in [2.05, 4.69) is 31.0 Å². The number of benzene rings is 2. The molecule has 0 radical (unpaired) electrons. The molecule has 0 N–H and O–H groups in total. The van der Waals surface area contributed by atoms with E-state index in [1.165, 1.54) is 0 Å². The number of halogens is 1. The van der Waals surface area contributed by atoms with Crippen LogP contribution in [0.3, 0.4) is 0 Å². The van der Waals surface area contributed by atoms with Crippen molar-refractivity contribution in [3.05, 3.63) is 58.6 Å². The highest BCUT2D eigenvalue weighted by Gasteiger charge is 2.41. The molecule has 0 aromatic heterocycles. The van der Waals surface area contributed by atoms with Crippen molar-refractivity contribution in [1.82, 2.24) is 5.01 Å². The Bertz CT molecular complexity index is 817. The molecule has 130 valence electrons. The Labute approximate surface area is 153 Å². The number of hydrogen-bond acceptors (Lipinski definition) is 4. The standard InChI is InChI=1S/C20H21ClN2O2/c1-12(2)20-23-18(16-10-14(21)6-9-19(16)25-20)11-17(22-23)13-4-7-15(24-3)8-5-13/h4-10,12,18,20H,11H2,1-3H3/t18-,20-/m1/s1. The largest absolute Gasteiger partial charge is 0.497 e. The fraction of sp³-hybridized carbons (Fsp3) is 0.350. The normalized spacial score (nSPS) is 21.5. The highest BCUT2D eigenvalue weighted by molar-refractivity contribution is 6.30. The molecule has 4 rings (SSSR count). The van der Waals surface area contributed by atoms with Crippen LogP contribution in [0.15, 0.2) is 47.6 Å². The minimum Gasteiger partial charge on any atom is -0.497 e. The molecule has 5 heteroatoms. The highest BCUT2D eigenvalue weighted by atomic mass is 35.5. The van der Waals surface area contributed by atoms with Gasteiger partial charge in [0, 0.05) is 22.9 Å². The van der Waals surface area contributed by atoms with Crippen LogP contribution in [0, 0.1) is 5.92 Å². The maximum atomic E-state index is 6.23. The zero-order valence-corrected chi connectivity index (χ0v) is 15.3. The van der Waals surface area contributed by atoms with Crippen LogP contribution in [0.1, 0.15) is 37.4 Å². The second-order valence-corrected chi connectivity index (χ2v) is 7.25. The number of hydrazone groups is 1. The summed E-state index contributed by atoms with van der Waals surface area (Å²) in [7, 11) is 1.67. The van der Waals surface area contributed by atoms with Crippen molar-refractivity contribution in [3.63, 3.8) is 0 Å². The van der Waals surface area contributed by atoms with Crippen molar-refractivity contribution >= 4 is 17.3 Å². The first-order valence-corrected chi connectivity index (χ1v) is 8.91. The number of nitrogens with zero attached hydrogens (tertiary/aromatic N) is 2. The molecule has 4 nitrogen and oxygen atoms in total. The molecule has 2 aromatic carbocycles. The molecule has 0 unspecified atom stereocenters. The van der Waals surface area contributed by atoms with Crippen molar-refractivity contribution in [2.75, 3.05) is 7.11 Å². The third-order valence-electron chi connectivity index (χ3n) is 4.78. The topological polar surface area (TPSA) is 34.1 Å². The van der Waals surface area contributed by atoms with E-state index in [4.69, 9.17) is 26.2 Å². The van der Waals surface area contributed by atoms with Crippen molar-refractivity contribution in [2.45, 2.75) is 32.5 Å². The van der Waals surface area contributed by atoms with Crippen LogP contribution in [0.25, 0.3) is 0 Å². The van der Waals surface area contributed by atoms with E-state index >= 15 is 0 Å². The van der Waals surface area contributed by atoms with Gasteiger partial charge in [0.1, 0.15) is 11.5 Å². The van der Waals surface area contributed by atoms with Crippen LogP contribution in [0.2, 0.25) is 5.02 Å². The fourth-order valence-corrected chi connectivity index (χ4v) is 3.67. The summed E-state index contributed by atoms with van der Waals surface area (Å²) in [4.78, 5) is 0. The zero-order chi connectivity index (χ0) is 17.6. The Balaban J connectivity index is 1.72. The number of fused-ring (bicyclic) bond motifs is 3. The number of hydrogen-bond donors (Lipinski definition) is 0. The van der Waals surface area contributed by atoms with Crippen LogP contribution in [-0.4, -0.2) is 24.1 Å². The maximum Gasteiger partial charge on any atom is 0.190 e. The quantitative estimate of drug-likeness (QED) is 0.786. The van der Waals surface area contributed by atoms with Crippen molar-refractivity contribution in [2.24, 2.45) is 11.0 Å². The SMILES string of the molecule is COc1ccc(C2=NN3[C@H](C2)c2cc(Cl)ccc2O[C@@H]3C(C)C)cc1. The van der Waals surface area contributed by atoms with Gasteiger partial charge in [-0.05, 0) is 48.0 Å². The Kier molecular flexibility index (Phi) is 4.08. The van der Waals surface area contributed by atoms with Gasteiger partial charge in [0.05, 0.1) is 18.9 Å². The summed E-state index contributed by atoms with van der Waals surface area (Å²) in [6, 6.07) is 14.1. The molecule has 2 heterocycles. The summed E-state index contributed by atoms with van der Waals surface area (Å²) in [5.41, 5.74) is 3.28. The van der Waals surface area contributed by atoms with Gasteiger partial charge in [0.25, 0.3) is 0 Å². The summed E-state index contributed by atoms with van der Waals surface area (Å²) in [5, 5.41) is 7.73. The highest BCUT2D eigenvalue weighted by Crippen LogP contribution is 2.45. The molecule has 2 aliphatic heterocycles. The molecule has 2 aliphatic rings. The monoisotopic (exact) mass is 356 g/mol. The van der Waals surface area contributed by atoms with Crippen LogP contribution in [-0.2, 0) is 0 Å². The molecule has 0 bridgehead atoms. The predicted octanol–water partition coefficient (Wildman–Crippen LogP) is 4.87. The van der Waals surface area contributed by atoms with Crippen LogP contribution in [0.4, 0.5) is 0 Å². The molecule has 0 aliphatic carbocycles. The van der Waals surface area contributed by atoms with E-state index < -0.39 is 0 Å². The lowest BCUT2D eigenvalue weighted by Crippen LogP contribution is -2.43. The molecule has 2 aromatic rings. The first-order chi connectivity index (χ1) is 12.1. The lowest BCUT2D eigenvalue weighted by Gasteiger charge is -2.40. The van der Waals surface area contributed by atoms with Crippen molar-refractivity contribution < 1.29 is 9.47 Å². The van der Waals surface area contributed by atoms with Crippen molar-refractivity contribution in [3.8, 4) is 11.5 Å². The summed E-state index contributed by atoms with van der Waals surface area (Å²) < 4.78 is 11.5. The Morgan fingerprint density at radius 1 is 1.20 bits per heavy atom. The second-order valence-electron chi connectivity index (χ2n) is 6.81. The smallest absolute Gasteiger partial charge is 0.190 e.